The number of furan rings is 1. The van der Waals surface area contributed by atoms with E-state index in [1.807, 2.05) is 107 Å². The van der Waals surface area contributed by atoms with Crippen LogP contribution in [0.15, 0.2) is 441 Å². The first-order valence-corrected chi connectivity index (χ1v) is 47.9. The number of nitrogens with zero attached hydrogens (tertiary/aromatic N) is 5. The summed E-state index contributed by atoms with van der Waals surface area (Å²) in [5.41, 5.74) is 30.1. The van der Waals surface area contributed by atoms with Gasteiger partial charge in [-0.15, -0.1) is 11.3 Å². The van der Waals surface area contributed by atoms with Crippen LogP contribution in [0.3, 0.4) is 0 Å². The summed E-state index contributed by atoms with van der Waals surface area (Å²) in [7, 11) is 0. The van der Waals surface area contributed by atoms with Gasteiger partial charge in [0.2, 0.25) is 0 Å². The van der Waals surface area contributed by atoms with E-state index in [0.717, 1.165) is 150 Å². The molecule has 662 valence electrons. The van der Waals surface area contributed by atoms with Gasteiger partial charge in [0.25, 0.3) is 6.71 Å². The molecule has 0 atom stereocenters. The van der Waals surface area contributed by atoms with Crippen molar-refractivity contribution in [2.45, 2.75) is 85.5 Å². The van der Waals surface area contributed by atoms with Gasteiger partial charge in [0.05, 0.1) is 30.8 Å². The van der Waals surface area contributed by atoms with E-state index in [9.17, 15) is 2.74 Å². The number of para-hydroxylation sites is 2. The minimum absolute atomic E-state index is 0.00518. The highest BCUT2D eigenvalue weighted by Crippen LogP contribution is 2.53. The topological polar surface area (TPSA) is 58.3 Å². The summed E-state index contributed by atoms with van der Waals surface area (Å²) in [6.07, 6.45) is 3.69. The average Bonchev–Trinajstić information content (AvgIpc) is 1.46. The summed E-state index contributed by atoms with van der Waals surface area (Å²) in [6, 6.07) is 124. The third-order valence-corrected chi connectivity index (χ3v) is 28.4. The Hall–Kier alpha value is -16.1. The summed E-state index contributed by atoms with van der Waals surface area (Å²) in [5.74, 6) is 0.691. The van der Waals surface area contributed by atoms with E-state index in [1.165, 1.54) is 75.5 Å². The number of hydrogen-bond donors (Lipinski definition) is 0. The Morgan fingerprint density at radius 1 is 0.333 bits per heavy atom. The molecule has 0 saturated heterocycles. The fraction of sp³-hybridized carbons (Fsp3) is 0.100. The van der Waals surface area contributed by atoms with Crippen LogP contribution in [0.25, 0.3) is 176 Å². The van der Waals surface area contributed by atoms with Crippen LogP contribution in [0.4, 0.5) is 34.1 Å². The van der Waals surface area contributed by atoms with Crippen molar-refractivity contribution in [3.63, 3.8) is 0 Å². The third kappa shape index (κ3) is 15.8. The van der Waals surface area contributed by atoms with E-state index in [-0.39, 0.29) is 82.5 Å². The number of benzene rings is 19. The van der Waals surface area contributed by atoms with E-state index in [2.05, 4.69) is 358 Å². The molecule has 0 radical (unpaired) electrons. The smallest absolute Gasteiger partial charge is 0.264 e. The molecule has 6 nitrogen and oxygen atoms in total. The second kappa shape index (κ2) is 35.0. The maximum absolute atomic E-state index is 9.20. The predicted octanol–water partition coefficient (Wildman–Crippen LogP) is 34.3. The maximum Gasteiger partial charge on any atom is 0.264 e. The molecule has 8 heteroatoms. The first-order chi connectivity index (χ1) is 71.4. The lowest BCUT2D eigenvalue weighted by Crippen LogP contribution is -2.60. The molecule has 0 unspecified atom stereocenters. The molecule has 0 saturated carbocycles. The molecule has 19 aromatic carbocycles. The number of aromatic nitrogens is 3. The predicted molar refractivity (Wildman–Crippen MR) is 589 cm³/mol. The Bertz CT molecular complexity index is 9030. The summed E-state index contributed by atoms with van der Waals surface area (Å²) < 4.78 is 95.8. The zero-order valence-corrected chi connectivity index (χ0v) is 79.2. The Labute approximate surface area is 825 Å². The molecule has 0 amide bonds. The summed E-state index contributed by atoms with van der Waals surface area (Å²) in [5, 5.41) is 11.7. The summed E-state index contributed by atoms with van der Waals surface area (Å²) >= 11 is 1.84. The maximum atomic E-state index is 9.20. The highest BCUT2D eigenvalue weighted by Gasteiger charge is 2.46. The first-order valence-electron chi connectivity index (χ1n) is 52.1. The zero-order valence-electron chi connectivity index (χ0n) is 88.4. The molecule has 2 aliphatic heterocycles. The average molecular weight is 1800 g/mol. The van der Waals surface area contributed by atoms with Crippen molar-refractivity contribution in [3.8, 4) is 101 Å². The minimum atomic E-state index is -0.401. The fourth-order valence-electron chi connectivity index (χ4n) is 20.3. The third-order valence-electron chi connectivity index (χ3n) is 27.2. The van der Waals surface area contributed by atoms with Crippen molar-refractivity contribution in [1.82, 2.24) is 15.0 Å². The lowest BCUT2D eigenvalue weighted by atomic mass is 9.36. The van der Waals surface area contributed by atoms with Crippen molar-refractivity contribution < 1.29 is 18.1 Å². The van der Waals surface area contributed by atoms with Gasteiger partial charge in [-0.2, -0.15) is 0 Å². The Morgan fingerprint density at radius 3 is 1.40 bits per heavy atom. The van der Waals surface area contributed by atoms with Gasteiger partial charge < -0.3 is 14.2 Å². The fourth-order valence-corrected chi connectivity index (χ4v) is 21.6. The van der Waals surface area contributed by atoms with Crippen LogP contribution in [0.5, 0.6) is 0 Å². The Morgan fingerprint density at radius 2 is 0.804 bits per heavy atom. The molecule has 25 rings (SSSR count). The molecule has 0 bridgehead atoms. The molecular weight excluding hydrogens is 1690 g/mol. The molecule has 0 fully saturated rings. The second-order valence-electron chi connectivity index (χ2n) is 39.1. The van der Waals surface area contributed by atoms with Crippen LogP contribution in [0, 0.1) is 6.92 Å². The van der Waals surface area contributed by atoms with Gasteiger partial charge in [0.1, 0.15) is 11.2 Å². The van der Waals surface area contributed by atoms with Gasteiger partial charge in [-0.1, -0.05) is 414 Å². The van der Waals surface area contributed by atoms with Gasteiger partial charge in [0, 0.05) is 88.7 Å². The standard InChI is InChI=1S/C47H31N3.C45H47BN2S.C38H24O/c1-3-13-41-33(8-1)10-5-15-43(41)35-19-25-38(26-20-35)46-30-45(37-23-17-32(18-24-37)40-12-7-29-48-31-40)49-47(50-46)39-27-21-36(22-28-39)44-16-6-11-34-9-2-4-14-42(34)44;1-28-24-37-40-38(25-28)48(33-20-16-29(17-21-33)43(2,3)4)41-34-26-30(44(5,6)7)19-23-39(34)49-42(41)46(40)35-27-31(45(8,9)10)18-22-36(35)47(37)32-14-12-11-13-15-32;1-3-13-25(14-4-1)27-21-11-23-33-37-32(22-12-24-34(37)39-38(27)33)36-30-19-9-7-17-28(30)35(26-15-5-2-6-16-26)29-18-8-10-20-31(29)36/h1-31H;11-27H,1-10H3;1-24H/i;11D,12D,13D,14D,15D;2D,5D,6D,15D,16D. The van der Waals surface area contributed by atoms with Gasteiger partial charge in [-0.3, -0.25) is 4.98 Å². The molecule has 2 aliphatic rings. The molecular formula is C130H102BN5OS. The number of hydrogen-bond acceptors (Lipinski definition) is 7. The van der Waals surface area contributed by atoms with Crippen molar-refractivity contribution in [1.29, 1.82) is 0 Å². The van der Waals surface area contributed by atoms with Gasteiger partial charge >= 0.3 is 0 Å². The highest BCUT2D eigenvalue weighted by atomic mass is 32.1. The molecule has 0 spiro atoms. The largest absolute Gasteiger partial charge is 0.455 e. The second-order valence-corrected chi connectivity index (χ2v) is 40.1. The van der Waals surface area contributed by atoms with E-state index < -0.39 is 12.1 Å². The number of pyridine rings is 1. The molecule has 4 aromatic heterocycles. The van der Waals surface area contributed by atoms with Crippen LogP contribution in [-0.4, -0.2) is 21.7 Å². The molecule has 0 aliphatic carbocycles. The van der Waals surface area contributed by atoms with Crippen molar-refractivity contribution in [2.75, 3.05) is 9.80 Å². The van der Waals surface area contributed by atoms with Crippen LogP contribution < -0.4 is 25.5 Å². The van der Waals surface area contributed by atoms with Crippen LogP contribution in [0.2, 0.25) is 0 Å². The normalized spacial score (nSPS) is 13.4. The van der Waals surface area contributed by atoms with Crippen LogP contribution >= 0.6 is 11.3 Å². The molecule has 138 heavy (non-hydrogen) atoms. The van der Waals surface area contributed by atoms with E-state index in [1.54, 1.807) is 6.20 Å². The van der Waals surface area contributed by atoms with E-state index >= 15 is 0 Å². The van der Waals surface area contributed by atoms with Gasteiger partial charge in [-0.05, 0) is 233 Å². The number of thiophene rings is 1. The lowest BCUT2D eigenvalue weighted by molar-refractivity contribution is 0.590. The number of fused-ring (bicyclic) bond motifs is 13. The van der Waals surface area contributed by atoms with Crippen molar-refractivity contribution >= 4 is 143 Å². The number of anilines is 6. The molecule has 23 aromatic rings. The molecule has 6 heterocycles. The number of aryl methyl sites for hydroxylation is 1. The number of rotatable bonds is 11. The van der Waals surface area contributed by atoms with Gasteiger partial charge in [0.15, 0.2) is 5.82 Å². The van der Waals surface area contributed by atoms with Crippen LogP contribution in [-0.2, 0) is 16.2 Å². The first kappa shape index (κ1) is 75.2. The zero-order chi connectivity index (χ0) is 102. The summed E-state index contributed by atoms with van der Waals surface area (Å²) in [4.78, 5) is 18.9. The minimum Gasteiger partial charge on any atom is -0.455 e. The van der Waals surface area contributed by atoms with Gasteiger partial charge in [-0.25, -0.2) is 9.97 Å². The van der Waals surface area contributed by atoms with Crippen molar-refractivity contribution in [3.05, 3.63) is 459 Å². The molecule has 0 N–H and O–H groups in total. The highest BCUT2D eigenvalue weighted by molar-refractivity contribution is 7.33. The quantitative estimate of drug-likeness (QED) is 0.0950. The van der Waals surface area contributed by atoms with E-state index in [4.69, 9.17) is 25.4 Å². The van der Waals surface area contributed by atoms with Crippen molar-refractivity contribution in [2.24, 2.45) is 0 Å². The van der Waals surface area contributed by atoms with E-state index in [0.29, 0.717) is 11.4 Å². The Kier molecular flexibility index (Phi) is 19.1. The Balaban J connectivity index is 0.000000123. The summed E-state index contributed by atoms with van der Waals surface area (Å²) in [6.45, 7) is 22.1. The SMILES string of the molecule is [2H]c1c([2H])c([2H])c(-c2c3ccccc3c(-c3cccc4oc5c(-c6ccccc6)cccc5c34)c3ccccc23)c([2H])c1[2H].[2H]c1c([2H])c([2H])c(N2c3ccc(C(C)(C)C)cc3B3c4sc5ccc(C(C)(C)C)cc5c4N(c4ccc(C(C)(C)C)cc4)c4cc(C)cc2c43)c([2H])c1[2H].c1cncc(-c2ccc(-c3cc(-c4ccc(-c5cccc6ccccc56)cc4)nc(-c4ccc(-c5cccc6ccccc56)cc4)n3)cc2)c1. The van der Waals surface area contributed by atoms with Crippen LogP contribution in [0.1, 0.15) is 98.3 Å². The monoisotopic (exact) mass is 1800 g/mol. The lowest BCUT2D eigenvalue weighted by Gasteiger charge is -2.44.